The second-order valence-corrected chi connectivity index (χ2v) is 10.2. The molecule has 1 aromatic heterocycles. The van der Waals surface area contributed by atoms with E-state index in [1.807, 2.05) is 4.90 Å². The number of piperidine rings is 1. The number of benzene rings is 2. The highest BCUT2D eigenvalue weighted by Gasteiger charge is 2.41. The van der Waals surface area contributed by atoms with Gasteiger partial charge in [0.05, 0.1) is 5.56 Å². The lowest BCUT2D eigenvalue weighted by atomic mass is 9.89. The molecule has 0 radical (unpaired) electrons. The first kappa shape index (κ1) is 23.7. The lowest BCUT2D eigenvalue weighted by molar-refractivity contribution is -0.137. The van der Waals surface area contributed by atoms with Crippen molar-refractivity contribution >= 4 is 23.0 Å². The minimum atomic E-state index is -4.40. The Morgan fingerprint density at radius 3 is 2.49 bits per heavy atom. The van der Waals surface area contributed by atoms with Gasteiger partial charge in [-0.2, -0.15) is 28.6 Å². The normalized spacial score (nSPS) is 21.8. The molecule has 37 heavy (non-hydrogen) atoms. The van der Waals surface area contributed by atoms with E-state index in [9.17, 15) is 22.8 Å². The highest BCUT2D eigenvalue weighted by Crippen LogP contribution is 2.44. The number of carbonyl (C=O) groups excluding carboxylic acids is 2. The fourth-order valence-electron chi connectivity index (χ4n) is 5.56. The number of nitrogens with one attached hydrogen (secondary N) is 1. The Morgan fingerprint density at radius 1 is 0.946 bits per heavy atom. The highest BCUT2D eigenvalue weighted by molar-refractivity contribution is 5.97. The van der Waals surface area contributed by atoms with Gasteiger partial charge in [-0.1, -0.05) is 6.07 Å². The molecular formula is C26H26F3N5O3. The summed E-state index contributed by atoms with van der Waals surface area (Å²) >= 11 is 0. The Hall–Kier alpha value is -3.63. The van der Waals surface area contributed by atoms with Crippen LogP contribution in [0, 0.1) is 11.8 Å². The Bertz CT molecular complexity index is 1350. The highest BCUT2D eigenvalue weighted by atomic mass is 19.4. The van der Waals surface area contributed by atoms with Crippen LogP contribution in [-0.2, 0) is 17.5 Å². The second kappa shape index (κ2) is 9.04. The third-order valence-corrected chi connectivity index (χ3v) is 7.75. The molecule has 1 N–H and O–H groups in total. The van der Waals surface area contributed by atoms with Gasteiger partial charge in [0.15, 0.2) is 0 Å². The van der Waals surface area contributed by atoms with E-state index in [1.165, 1.54) is 12.1 Å². The summed E-state index contributed by atoms with van der Waals surface area (Å²) in [6, 6.07) is 8.90. The fourth-order valence-corrected chi connectivity index (χ4v) is 5.56. The SMILES string of the molecule is O=C(OCc1ccc(C(F)(F)F)cc1C1CC1)N1CCC2CN(C(=O)c3ccc4n[nH]nc4c3)CC2C1. The molecule has 2 saturated heterocycles. The molecule has 3 aliphatic rings. The molecule has 2 atom stereocenters. The monoisotopic (exact) mass is 513 g/mol. The van der Waals surface area contributed by atoms with Gasteiger partial charge in [0, 0.05) is 31.7 Å². The quantitative estimate of drug-likeness (QED) is 0.551. The molecule has 3 fully saturated rings. The molecule has 3 heterocycles. The van der Waals surface area contributed by atoms with Crippen LogP contribution in [0.4, 0.5) is 18.0 Å². The first-order valence-corrected chi connectivity index (χ1v) is 12.5. The number of carbonyl (C=O) groups is 2. The molecule has 0 spiro atoms. The van der Waals surface area contributed by atoms with Gasteiger partial charge in [0.1, 0.15) is 17.6 Å². The summed E-state index contributed by atoms with van der Waals surface area (Å²) in [6.07, 6.45) is -2.42. The Balaban J connectivity index is 1.07. The maximum atomic E-state index is 13.1. The Kier molecular flexibility index (Phi) is 5.80. The largest absolute Gasteiger partial charge is 0.445 e. The first-order chi connectivity index (χ1) is 17.8. The van der Waals surface area contributed by atoms with Crippen LogP contribution < -0.4 is 0 Å². The van der Waals surface area contributed by atoms with Crippen molar-refractivity contribution < 1.29 is 27.5 Å². The summed E-state index contributed by atoms with van der Waals surface area (Å²) in [6.45, 7) is 2.14. The number of nitrogens with zero attached hydrogens (tertiary/aromatic N) is 4. The van der Waals surface area contributed by atoms with E-state index in [2.05, 4.69) is 15.4 Å². The van der Waals surface area contributed by atoms with E-state index in [0.717, 1.165) is 25.3 Å². The van der Waals surface area contributed by atoms with E-state index in [1.54, 1.807) is 23.1 Å². The average Bonchev–Trinajstić information content (AvgIpc) is 3.47. The van der Waals surface area contributed by atoms with Crippen LogP contribution in [0.15, 0.2) is 36.4 Å². The van der Waals surface area contributed by atoms with E-state index in [-0.39, 0.29) is 24.3 Å². The van der Waals surface area contributed by atoms with Crippen molar-refractivity contribution in [3.63, 3.8) is 0 Å². The van der Waals surface area contributed by atoms with Crippen LogP contribution in [0.25, 0.3) is 11.0 Å². The predicted octanol–water partition coefficient (Wildman–Crippen LogP) is 4.58. The Labute approximate surface area is 210 Å². The summed E-state index contributed by atoms with van der Waals surface area (Å²) in [5, 5.41) is 10.6. The fraction of sp³-hybridized carbons (Fsp3) is 0.462. The zero-order chi connectivity index (χ0) is 25.7. The number of rotatable bonds is 4. The molecule has 194 valence electrons. The number of fused-ring (bicyclic) bond motifs is 2. The smallest absolute Gasteiger partial charge is 0.416 e. The lowest BCUT2D eigenvalue weighted by Gasteiger charge is -2.33. The van der Waals surface area contributed by atoms with Crippen molar-refractivity contribution in [2.75, 3.05) is 26.2 Å². The second-order valence-electron chi connectivity index (χ2n) is 10.2. The Morgan fingerprint density at radius 2 is 1.70 bits per heavy atom. The van der Waals surface area contributed by atoms with Gasteiger partial charge >= 0.3 is 12.3 Å². The van der Waals surface area contributed by atoms with E-state index < -0.39 is 17.8 Å². The zero-order valence-corrected chi connectivity index (χ0v) is 20.0. The maximum absolute atomic E-state index is 13.1. The molecule has 1 aliphatic carbocycles. The molecule has 6 rings (SSSR count). The third kappa shape index (κ3) is 4.74. The minimum absolute atomic E-state index is 0.0530. The van der Waals surface area contributed by atoms with Gasteiger partial charge in [0.2, 0.25) is 0 Å². The predicted molar refractivity (Wildman–Crippen MR) is 127 cm³/mol. The number of aromatic nitrogens is 3. The number of likely N-dealkylation sites (tertiary alicyclic amines) is 2. The van der Waals surface area contributed by atoms with Crippen LogP contribution in [-0.4, -0.2) is 63.4 Å². The number of alkyl halides is 3. The maximum Gasteiger partial charge on any atom is 0.416 e. The van der Waals surface area contributed by atoms with Crippen molar-refractivity contribution in [3.8, 4) is 0 Å². The number of hydrogen-bond acceptors (Lipinski definition) is 5. The minimum Gasteiger partial charge on any atom is -0.445 e. The molecule has 8 nitrogen and oxygen atoms in total. The molecule has 2 amide bonds. The summed E-state index contributed by atoms with van der Waals surface area (Å²) in [4.78, 5) is 29.4. The summed E-state index contributed by atoms with van der Waals surface area (Å²) in [7, 11) is 0. The van der Waals surface area contributed by atoms with Crippen molar-refractivity contribution in [1.29, 1.82) is 0 Å². The van der Waals surface area contributed by atoms with Crippen LogP contribution in [0.3, 0.4) is 0 Å². The van der Waals surface area contributed by atoms with E-state index in [4.69, 9.17) is 4.74 Å². The number of aromatic amines is 1. The van der Waals surface area contributed by atoms with Gasteiger partial charge in [-0.25, -0.2) is 4.79 Å². The number of H-pyrrole nitrogens is 1. The van der Waals surface area contributed by atoms with Gasteiger partial charge in [0.25, 0.3) is 5.91 Å². The van der Waals surface area contributed by atoms with Gasteiger partial charge in [-0.15, -0.1) is 0 Å². The first-order valence-electron chi connectivity index (χ1n) is 12.5. The lowest BCUT2D eigenvalue weighted by Crippen LogP contribution is -2.43. The molecule has 1 saturated carbocycles. The number of ether oxygens (including phenoxy) is 1. The summed E-state index contributed by atoms with van der Waals surface area (Å²) < 4.78 is 45.0. The van der Waals surface area contributed by atoms with E-state index in [0.29, 0.717) is 59.8 Å². The molecule has 11 heteroatoms. The molecule has 2 aromatic carbocycles. The number of amides is 2. The molecule has 2 aliphatic heterocycles. The number of hydrogen-bond donors (Lipinski definition) is 1. The molecular weight excluding hydrogens is 487 g/mol. The summed E-state index contributed by atoms with van der Waals surface area (Å²) in [5.74, 6) is 0.483. The van der Waals surface area contributed by atoms with Gasteiger partial charge < -0.3 is 14.5 Å². The van der Waals surface area contributed by atoms with E-state index >= 15 is 0 Å². The number of halogens is 3. The van der Waals surface area contributed by atoms with Gasteiger partial charge in [-0.3, -0.25) is 4.79 Å². The van der Waals surface area contributed by atoms with Crippen molar-refractivity contribution in [1.82, 2.24) is 25.2 Å². The topological polar surface area (TPSA) is 91.4 Å². The average molecular weight is 514 g/mol. The zero-order valence-electron chi connectivity index (χ0n) is 20.0. The van der Waals surface area contributed by atoms with Crippen molar-refractivity contribution in [2.45, 2.75) is 38.0 Å². The van der Waals surface area contributed by atoms with Crippen LogP contribution in [0.5, 0.6) is 0 Å². The van der Waals surface area contributed by atoms with Gasteiger partial charge in [-0.05, 0) is 78.5 Å². The standard InChI is InChI=1S/C26H26F3N5O3/c27-26(28,29)20-5-3-18(21(10-20)15-1-2-15)14-37-25(36)33-8-7-17-11-34(13-19(17)12-33)24(35)16-4-6-22-23(9-16)31-32-30-22/h3-6,9-10,15,17,19H,1-2,7-8,11-14H2,(H,30,31,32). The van der Waals surface area contributed by atoms with Crippen LogP contribution in [0.1, 0.15) is 52.2 Å². The van der Waals surface area contributed by atoms with Crippen LogP contribution >= 0.6 is 0 Å². The van der Waals surface area contributed by atoms with Crippen LogP contribution in [0.2, 0.25) is 0 Å². The van der Waals surface area contributed by atoms with Crippen molar-refractivity contribution in [3.05, 3.63) is 58.7 Å². The molecule has 2 unspecified atom stereocenters. The third-order valence-electron chi connectivity index (χ3n) is 7.75. The molecule has 0 bridgehead atoms. The summed E-state index contributed by atoms with van der Waals surface area (Å²) in [5.41, 5.74) is 2.46. The van der Waals surface area contributed by atoms with Crippen molar-refractivity contribution in [2.24, 2.45) is 11.8 Å². The molecule has 3 aromatic rings.